The van der Waals surface area contributed by atoms with Crippen LogP contribution in [0.1, 0.15) is 69.0 Å². The van der Waals surface area contributed by atoms with Gasteiger partial charge in [0.2, 0.25) is 11.8 Å². The summed E-state index contributed by atoms with van der Waals surface area (Å²) in [6.07, 6.45) is 1.87. The van der Waals surface area contributed by atoms with Crippen molar-refractivity contribution in [2.75, 3.05) is 26.3 Å². The molecule has 14 nitrogen and oxygen atoms in total. The Bertz CT molecular complexity index is 2920. The molecule has 2 N–H and O–H groups in total. The first-order chi connectivity index (χ1) is 30.8. The number of aromatic nitrogens is 3. The van der Waals surface area contributed by atoms with Crippen LogP contribution >= 0.6 is 11.6 Å². The van der Waals surface area contributed by atoms with E-state index in [1.807, 2.05) is 55.8 Å². The Balaban J connectivity index is 0.907. The Labute approximate surface area is 372 Å². The zero-order valence-corrected chi connectivity index (χ0v) is 36.3. The van der Waals surface area contributed by atoms with Crippen LogP contribution in [-0.2, 0) is 40.9 Å². The van der Waals surface area contributed by atoms with E-state index in [-0.39, 0.29) is 61.1 Å². The van der Waals surface area contributed by atoms with Crippen molar-refractivity contribution in [2.24, 2.45) is 13.0 Å². The van der Waals surface area contributed by atoms with Gasteiger partial charge in [0.25, 0.3) is 11.8 Å². The van der Waals surface area contributed by atoms with Crippen molar-refractivity contribution in [3.63, 3.8) is 0 Å². The van der Waals surface area contributed by atoms with E-state index in [2.05, 4.69) is 10.4 Å². The molecule has 0 saturated carbocycles. The zero-order valence-electron chi connectivity index (χ0n) is 35.6. The average Bonchev–Trinajstić information content (AvgIpc) is 3.84. The molecular weight excluding hydrogens is 843 g/mol. The van der Waals surface area contributed by atoms with Crippen LogP contribution in [-0.4, -0.2) is 91.2 Å². The highest BCUT2D eigenvalue weighted by molar-refractivity contribution is 6.35. The maximum absolute atomic E-state index is 13.9. The topological polar surface area (TPSA) is 165 Å². The molecule has 0 bridgehead atoms. The van der Waals surface area contributed by atoms with E-state index < -0.39 is 17.9 Å². The third-order valence-corrected chi connectivity index (χ3v) is 13.1. The molecule has 5 heterocycles. The molecule has 6 aromatic rings. The highest BCUT2D eigenvalue weighted by Crippen LogP contribution is 2.43. The third kappa shape index (κ3) is 7.71. The molecule has 4 aromatic carbocycles. The van der Waals surface area contributed by atoms with Gasteiger partial charge < -0.3 is 28.9 Å². The normalized spacial score (nSPS) is 16.4. The van der Waals surface area contributed by atoms with E-state index in [0.29, 0.717) is 89.8 Å². The molecular formula is C48H46ClFN6O8. The number of hydrogen-bond acceptors (Lipinski definition) is 8. The number of carbonyl (C=O) groups excluding carboxylic acids is 4. The monoisotopic (exact) mass is 888 g/mol. The summed E-state index contributed by atoms with van der Waals surface area (Å²) in [5, 5.41) is 20.6. The van der Waals surface area contributed by atoms with Crippen LogP contribution in [0.15, 0.2) is 66.7 Å². The minimum absolute atomic E-state index is 0.0826. The van der Waals surface area contributed by atoms with Gasteiger partial charge in [0.15, 0.2) is 6.61 Å². The summed E-state index contributed by atoms with van der Waals surface area (Å²) in [5.41, 5.74) is 5.73. The molecule has 3 aliphatic rings. The van der Waals surface area contributed by atoms with Crippen LogP contribution in [0, 0.1) is 25.6 Å². The van der Waals surface area contributed by atoms with E-state index in [1.165, 1.54) is 17.0 Å². The van der Waals surface area contributed by atoms with Crippen molar-refractivity contribution in [3.8, 4) is 22.6 Å². The van der Waals surface area contributed by atoms with Gasteiger partial charge in [0, 0.05) is 71.8 Å². The number of fused-ring (bicyclic) bond motifs is 3. The summed E-state index contributed by atoms with van der Waals surface area (Å²) in [6.45, 7) is 5.30. The number of carbonyl (C=O) groups is 5. The van der Waals surface area contributed by atoms with Gasteiger partial charge in [-0.05, 0) is 98.9 Å². The third-order valence-electron chi connectivity index (χ3n) is 12.8. The smallest absolute Gasteiger partial charge is 0.352 e. The van der Waals surface area contributed by atoms with E-state index in [4.69, 9.17) is 21.1 Å². The number of likely N-dealkylation sites (tertiary alicyclic amines) is 1. The van der Waals surface area contributed by atoms with Crippen LogP contribution in [0.25, 0.3) is 32.8 Å². The summed E-state index contributed by atoms with van der Waals surface area (Å²) in [6, 6.07) is 18.0. The number of nitrogens with one attached hydrogen (secondary N) is 1. The number of piperidine rings is 1. The number of halogens is 2. The minimum Gasteiger partial charge on any atom is -0.493 e. The highest BCUT2D eigenvalue weighted by atomic mass is 35.5. The number of benzene rings is 4. The predicted octanol–water partition coefficient (Wildman–Crippen LogP) is 7.00. The number of rotatable bonds is 14. The van der Waals surface area contributed by atoms with Crippen LogP contribution in [0.2, 0.25) is 5.02 Å². The molecule has 9 rings (SSSR count). The number of carboxylic acid groups (broad SMARTS) is 1. The quantitative estimate of drug-likeness (QED) is 0.0866. The summed E-state index contributed by atoms with van der Waals surface area (Å²) >= 11 is 7.03. The molecule has 0 radical (unpaired) electrons. The number of hydrogen-bond donors (Lipinski definition) is 2. The van der Waals surface area contributed by atoms with Crippen LogP contribution in [0.5, 0.6) is 11.5 Å². The lowest BCUT2D eigenvalue weighted by molar-refractivity contribution is -0.140. The fraction of sp³-hybridized carbons (Fsp3) is 0.333. The SMILES string of the molecule is Cc1nn(C)c(C)c1-c1c(Cl)ccc2c(CCCOc3cccc4cc(F)ccc34)c(C(=O)O)n(CCC3CN(C(=O)COc4cccc5c4CN(C4CCC(=O)NC4=O)C5=O)C3)c12. The van der Waals surface area contributed by atoms with Gasteiger partial charge in [0.05, 0.1) is 29.4 Å². The summed E-state index contributed by atoms with van der Waals surface area (Å²) in [7, 11) is 1.86. The maximum atomic E-state index is 13.9. The molecule has 64 heavy (non-hydrogen) atoms. The summed E-state index contributed by atoms with van der Waals surface area (Å²) < 4.78 is 29.8. The van der Waals surface area contributed by atoms with Crippen molar-refractivity contribution in [3.05, 3.63) is 111 Å². The Morgan fingerprint density at radius 2 is 1.73 bits per heavy atom. The van der Waals surface area contributed by atoms with Crippen molar-refractivity contribution in [1.29, 1.82) is 0 Å². The Kier molecular flexibility index (Phi) is 11.4. The highest BCUT2D eigenvalue weighted by Gasteiger charge is 2.40. The van der Waals surface area contributed by atoms with Gasteiger partial charge >= 0.3 is 5.97 Å². The van der Waals surface area contributed by atoms with Crippen molar-refractivity contribution in [2.45, 2.75) is 65.1 Å². The maximum Gasteiger partial charge on any atom is 0.352 e. The zero-order chi connectivity index (χ0) is 45.0. The Morgan fingerprint density at radius 1 is 0.969 bits per heavy atom. The first-order valence-electron chi connectivity index (χ1n) is 21.3. The molecule has 330 valence electrons. The Morgan fingerprint density at radius 3 is 2.48 bits per heavy atom. The molecule has 1 unspecified atom stereocenters. The van der Waals surface area contributed by atoms with E-state index >= 15 is 0 Å². The van der Waals surface area contributed by atoms with Gasteiger partial charge in [0.1, 0.15) is 29.1 Å². The lowest BCUT2D eigenvalue weighted by atomic mass is 9.96. The molecule has 4 amide bonds. The van der Waals surface area contributed by atoms with E-state index in [1.54, 1.807) is 33.8 Å². The molecule has 2 aromatic heterocycles. The number of imide groups is 1. The molecule has 2 fully saturated rings. The first-order valence-corrected chi connectivity index (χ1v) is 21.7. The summed E-state index contributed by atoms with van der Waals surface area (Å²) in [4.78, 5) is 67.4. The standard InChI is InChI=1S/C48H46ClFN6O8/c1-26-42(27(2)53(3)52-26)43-36(49)15-14-33-32(9-6-20-63-38-10-4-7-29-21-30(50)12-13-31(29)38)45(48(61)62)55(44(33)43)19-18-28-22-54(23-28)41(58)25-64-39-11-5-8-34-35(39)24-56(47(34)60)37-16-17-40(57)51-46(37)59/h4-5,7-8,10-15,21,28,37H,6,9,16-20,22-25H2,1-3H3,(H,61,62)(H,51,57,59). The van der Waals surface area contributed by atoms with Crippen LogP contribution in [0.3, 0.4) is 0 Å². The fourth-order valence-corrected chi connectivity index (χ4v) is 9.81. The van der Waals surface area contributed by atoms with Gasteiger partial charge in [-0.15, -0.1) is 0 Å². The van der Waals surface area contributed by atoms with Gasteiger partial charge in [-0.1, -0.05) is 35.9 Å². The van der Waals surface area contributed by atoms with Gasteiger partial charge in [-0.2, -0.15) is 5.10 Å². The number of amides is 4. The molecule has 3 aliphatic heterocycles. The molecule has 0 spiro atoms. The van der Waals surface area contributed by atoms with Gasteiger partial charge in [-0.25, -0.2) is 9.18 Å². The van der Waals surface area contributed by atoms with Crippen LogP contribution in [0.4, 0.5) is 4.39 Å². The molecule has 0 aliphatic carbocycles. The largest absolute Gasteiger partial charge is 0.493 e. The number of aromatic carboxylic acids is 1. The predicted molar refractivity (Wildman–Crippen MR) is 236 cm³/mol. The number of ether oxygens (including phenoxy) is 2. The first kappa shape index (κ1) is 42.6. The van der Waals surface area contributed by atoms with E-state index in [0.717, 1.165) is 33.1 Å². The molecule has 2 saturated heterocycles. The fourth-order valence-electron chi connectivity index (χ4n) is 9.56. The lowest BCUT2D eigenvalue weighted by Gasteiger charge is -2.39. The molecule has 1 atom stereocenters. The summed E-state index contributed by atoms with van der Waals surface area (Å²) in [5.74, 6) is -1.74. The second-order valence-corrected chi connectivity index (χ2v) is 17.2. The number of carboxylic acids is 1. The number of nitrogens with zero attached hydrogens (tertiary/aromatic N) is 5. The second-order valence-electron chi connectivity index (χ2n) is 16.8. The minimum atomic E-state index is -1.07. The van der Waals surface area contributed by atoms with Crippen molar-refractivity contribution < 1.29 is 42.9 Å². The average molecular weight is 889 g/mol. The lowest BCUT2D eigenvalue weighted by Crippen LogP contribution is -2.52. The van der Waals surface area contributed by atoms with Gasteiger partial charge in [-0.3, -0.25) is 29.2 Å². The van der Waals surface area contributed by atoms with Crippen LogP contribution < -0.4 is 14.8 Å². The Hall–Kier alpha value is -6.74. The molecule has 16 heteroatoms. The van der Waals surface area contributed by atoms with E-state index in [9.17, 15) is 33.5 Å². The second kappa shape index (κ2) is 17.1. The van der Waals surface area contributed by atoms with Crippen molar-refractivity contribution in [1.82, 2.24) is 29.5 Å². The van der Waals surface area contributed by atoms with Crippen molar-refractivity contribution >= 4 is 62.9 Å². The number of aryl methyl sites for hydroxylation is 4.